The van der Waals surface area contributed by atoms with E-state index in [1.807, 2.05) is 0 Å². The van der Waals surface area contributed by atoms with Crippen molar-refractivity contribution in [3.63, 3.8) is 0 Å². The largest absolute Gasteiger partial charge is 0.497 e. The highest BCUT2D eigenvalue weighted by Crippen LogP contribution is 2.18. The Bertz CT molecular complexity index is 395. The number of benzene rings is 1. The second-order valence-corrected chi connectivity index (χ2v) is 2.95. The van der Waals surface area contributed by atoms with Crippen molar-refractivity contribution in [3.8, 4) is 23.8 Å². The zero-order valence-electron chi connectivity index (χ0n) is 9.03. The summed E-state index contributed by atoms with van der Waals surface area (Å²) in [6, 6.07) is 7.03. The van der Waals surface area contributed by atoms with Gasteiger partial charge in [0.05, 0.1) is 13.7 Å². The summed E-state index contributed by atoms with van der Waals surface area (Å²) in [6.07, 6.45) is 5.00. The van der Waals surface area contributed by atoms with E-state index in [-0.39, 0.29) is 19.1 Å². The minimum absolute atomic E-state index is 0.0607. The molecule has 0 heterocycles. The summed E-state index contributed by atoms with van der Waals surface area (Å²) in [7, 11) is 1.57. The SMILES string of the molecule is C#CCNC(=O)COc1cccc(OC)c1. The lowest BCUT2D eigenvalue weighted by molar-refractivity contribution is -0.122. The molecule has 1 aromatic rings. The second kappa shape index (κ2) is 6.36. The van der Waals surface area contributed by atoms with Crippen molar-refractivity contribution in [3.05, 3.63) is 24.3 Å². The average Bonchev–Trinajstić information content (AvgIpc) is 2.34. The first kappa shape index (κ1) is 11.9. The maximum atomic E-state index is 11.2. The molecule has 0 aliphatic rings. The third kappa shape index (κ3) is 3.93. The summed E-state index contributed by atoms with van der Waals surface area (Å²) in [4.78, 5) is 11.2. The smallest absolute Gasteiger partial charge is 0.258 e. The number of terminal acetylenes is 1. The molecular formula is C12H13NO3. The van der Waals surface area contributed by atoms with Crippen molar-refractivity contribution in [2.75, 3.05) is 20.3 Å². The van der Waals surface area contributed by atoms with Gasteiger partial charge in [0.2, 0.25) is 0 Å². The van der Waals surface area contributed by atoms with Gasteiger partial charge in [0, 0.05) is 6.07 Å². The van der Waals surface area contributed by atoms with Gasteiger partial charge in [0.15, 0.2) is 6.61 Å². The zero-order valence-corrected chi connectivity index (χ0v) is 9.03. The number of amides is 1. The topological polar surface area (TPSA) is 47.6 Å². The molecule has 1 amide bonds. The molecule has 0 radical (unpaired) electrons. The molecule has 0 saturated carbocycles. The van der Waals surface area contributed by atoms with E-state index < -0.39 is 0 Å². The Morgan fingerprint density at radius 2 is 2.25 bits per heavy atom. The summed E-state index contributed by atoms with van der Waals surface area (Å²) in [5, 5.41) is 2.50. The first-order chi connectivity index (χ1) is 7.76. The van der Waals surface area contributed by atoms with E-state index in [1.165, 1.54) is 0 Å². The summed E-state index contributed by atoms with van der Waals surface area (Å²) in [5.74, 6) is 3.32. The molecule has 0 aliphatic carbocycles. The summed E-state index contributed by atoms with van der Waals surface area (Å²) in [6.45, 7) is 0.148. The van der Waals surface area contributed by atoms with E-state index in [0.717, 1.165) is 0 Å². The standard InChI is InChI=1S/C12H13NO3/c1-3-7-13-12(14)9-16-11-6-4-5-10(8-11)15-2/h1,4-6,8H,7,9H2,2H3,(H,13,14). The van der Waals surface area contributed by atoms with Gasteiger partial charge in [-0.2, -0.15) is 0 Å². The van der Waals surface area contributed by atoms with Crippen molar-refractivity contribution in [1.29, 1.82) is 0 Å². The fraction of sp³-hybridized carbons (Fsp3) is 0.250. The van der Waals surface area contributed by atoms with Crippen LogP contribution in [0.1, 0.15) is 0 Å². The zero-order chi connectivity index (χ0) is 11.8. The minimum Gasteiger partial charge on any atom is -0.497 e. The van der Waals surface area contributed by atoms with Crippen LogP contribution in [0.2, 0.25) is 0 Å². The van der Waals surface area contributed by atoms with E-state index in [9.17, 15) is 4.79 Å². The number of hydrogen-bond donors (Lipinski definition) is 1. The lowest BCUT2D eigenvalue weighted by Crippen LogP contribution is -2.28. The average molecular weight is 219 g/mol. The molecule has 1 rings (SSSR count). The molecule has 0 unspecified atom stereocenters. The van der Waals surface area contributed by atoms with Crippen molar-refractivity contribution in [2.45, 2.75) is 0 Å². The maximum absolute atomic E-state index is 11.2. The van der Waals surface area contributed by atoms with Crippen molar-refractivity contribution < 1.29 is 14.3 Å². The third-order valence-corrected chi connectivity index (χ3v) is 1.80. The summed E-state index contributed by atoms with van der Waals surface area (Å²) in [5.41, 5.74) is 0. The van der Waals surface area contributed by atoms with Gasteiger partial charge in [-0.25, -0.2) is 0 Å². The van der Waals surface area contributed by atoms with Gasteiger partial charge in [-0.05, 0) is 12.1 Å². The molecule has 0 bridgehead atoms. The number of rotatable bonds is 5. The maximum Gasteiger partial charge on any atom is 0.258 e. The molecule has 4 heteroatoms. The van der Waals surface area contributed by atoms with E-state index in [2.05, 4.69) is 11.2 Å². The Balaban J connectivity index is 2.42. The predicted octanol–water partition coefficient (Wildman–Crippen LogP) is 0.823. The van der Waals surface area contributed by atoms with Crippen LogP contribution in [0.4, 0.5) is 0 Å². The molecule has 0 fully saturated rings. The summed E-state index contributed by atoms with van der Waals surface area (Å²) >= 11 is 0. The molecule has 1 aromatic carbocycles. The lowest BCUT2D eigenvalue weighted by atomic mass is 10.3. The number of carbonyl (C=O) groups is 1. The molecule has 0 aliphatic heterocycles. The van der Waals surface area contributed by atoms with Crippen LogP contribution in [0.15, 0.2) is 24.3 Å². The number of hydrogen-bond acceptors (Lipinski definition) is 3. The van der Waals surface area contributed by atoms with Gasteiger partial charge >= 0.3 is 0 Å². The molecule has 16 heavy (non-hydrogen) atoms. The fourth-order valence-corrected chi connectivity index (χ4v) is 1.04. The third-order valence-electron chi connectivity index (χ3n) is 1.80. The first-order valence-electron chi connectivity index (χ1n) is 4.73. The highest BCUT2D eigenvalue weighted by atomic mass is 16.5. The van der Waals surface area contributed by atoms with Gasteiger partial charge in [-0.3, -0.25) is 4.79 Å². The first-order valence-corrected chi connectivity index (χ1v) is 4.73. The highest BCUT2D eigenvalue weighted by molar-refractivity contribution is 5.77. The molecule has 0 atom stereocenters. The Kier molecular flexibility index (Phi) is 4.74. The second-order valence-electron chi connectivity index (χ2n) is 2.95. The molecule has 0 spiro atoms. The molecule has 0 saturated heterocycles. The van der Waals surface area contributed by atoms with E-state index in [0.29, 0.717) is 11.5 Å². The van der Waals surface area contributed by atoms with Gasteiger partial charge < -0.3 is 14.8 Å². The fourth-order valence-electron chi connectivity index (χ4n) is 1.04. The van der Waals surface area contributed by atoms with Crippen LogP contribution in [-0.4, -0.2) is 26.2 Å². The lowest BCUT2D eigenvalue weighted by Gasteiger charge is -2.07. The molecule has 84 valence electrons. The van der Waals surface area contributed by atoms with Crippen LogP contribution in [0, 0.1) is 12.3 Å². The Morgan fingerprint density at radius 1 is 1.50 bits per heavy atom. The van der Waals surface area contributed by atoms with Crippen LogP contribution in [0.5, 0.6) is 11.5 Å². The molecule has 0 aromatic heterocycles. The Hall–Kier alpha value is -2.15. The van der Waals surface area contributed by atoms with Gasteiger partial charge in [0.1, 0.15) is 11.5 Å². The van der Waals surface area contributed by atoms with Crippen molar-refractivity contribution in [1.82, 2.24) is 5.32 Å². The minimum atomic E-state index is -0.249. The van der Waals surface area contributed by atoms with Gasteiger partial charge in [0.25, 0.3) is 5.91 Å². The number of methoxy groups -OCH3 is 1. The van der Waals surface area contributed by atoms with Crippen LogP contribution < -0.4 is 14.8 Å². The van der Waals surface area contributed by atoms with Crippen LogP contribution in [-0.2, 0) is 4.79 Å². The van der Waals surface area contributed by atoms with E-state index in [1.54, 1.807) is 31.4 Å². The summed E-state index contributed by atoms with van der Waals surface area (Å²) < 4.78 is 10.3. The normalized spacial score (nSPS) is 9.00. The number of ether oxygens (including phenoxy) is 2. The van der Waals surface area contributed by atoms with Crippen molar-refractivity contribution in [2.24, 2.45) is 0 Å². The molecular weight excluding hydrogens is 206 g/mol. The van der Waals surface area contributed by atoms with Gasteiger partial charge in [-0.15, -0.1) is 6.42 Å². The molecule has 1 N–H and O–H groups in total. The number of nitrogens with one attached hydrogen (secondary N) is 1. The predicted molar refractivity (Wildman–Crippen MR) is 60.3 cm³/mol. The van der Waals surface area contributed by atoms with Gasteiger partial charge in [-0.1, -0.05) is 12.0 Å². The van der Waals surface area contributed by atoms with Crippen molar-refractivity contribution >= 4 is 5.91 Å². The van der Waals surface area contributed by atoms with E-state index in [4.69, 9.17) is 15.9 Å². The highest BCUT2D eigenvalue weighted by Gasteiger charge is 2.01. The Labute approximate surface area is 94.6 Å². The molecule has 4 nitrogen and oxygen atoms in total. The van der Waals surface area contributed by atoms with Crippen LogP contribution in [0.3, 0.4) is 0 Å². The van der Waals surface area contributed by atoms with Crippen LogP contribution >= 0.6 is 0 Å². The van der Waals surface area contributed by atoms with Crippen LogP contribution in [0.25, 0.3) is 0 Å². The monoisotopic (exact) mass is 219 g/mol. The Morgan fingerprint density at radius 3 is 2.94 bits per heavy atom. The quantitative estimate of drug-likeness (QED) is 0.746. The van der Waals surface area contributed by atoms with E-state index >= 15 is 0 Å². The number of carbonyl (C=O) groups excluding carboxylic acids is 1.